The van der Waals surface area contributed by atoms with Crippen molar-refractivity contribution in [1.29, 1.82) is 0 Å². The van der Waals surface area contributed by atoms with E-state index < -0.39 is 36.1 Å². The molecule has 63 heavy (non-hydrogen) atoms. The second-order valence-electron chi connectivity index (χ2n) is 17.3. The van der Waals surface area contributed by atoms with Crippen molar-refractivity contribution in [3.63, 3.8) is 0 Å². The van der Waals surface area contributed by atoms with E-state index in [2.05, 4.69) is 55.2 Å². The molecule has 2 amide bonds. The molecule has 6 rings (SSSR count). The number of thioether (sulfide) groups is 1. The minimum atomic E-state index is -0.618. The molecule has 0 N–H and O–H groups in total. The molecular formula is C51H65N3O7S2. The van der Waals surface area contributed by atoms with Crippen LogP contribution in [0.15, 0.2) is 90.4 Å². The molecule has 1 aliphatic carbocycles. The van der Waals surface area contributed by atoms with Crippen molar-refractivity contribution in [3.8, 4) is 11.1 Å². The smallest absolute Gasteiger partial charge is 0.306 e. The zero-order valence-corrected chi connectivity index (χ0v) is 39.6. The highest BCUT2D eigenvalue weighted by Crippen LogP contribution is 2.44. The van der Waals surface area contributed by atoms with Crippen LogP contribution in [0.1, 0.15) is 92.8 Å². The molecule has 0 unspecified atom stereocenters. The Labute approximate surface area is 382 Å². The Hall–Kier alpha value is -4.36. The Morgan fingerprint density at radius 3 is 2.17 bits per heavy atom. The van der Waals surface area contributed by atoms with Gasteiger partial charge in [0.1, 0.15) is 12.4 Å². The van der Waals surface area contributed by atoms with E-state index in [9.17, 15) is 19.2 Å². The first-order valence-electron chi connectivity index (χ1n) is 22.4. The van der Waals surface area contributed by atoms with E-state index in [0.29, 0.717) is 25.1 Å². The number of carbonyl (C=O) groups is 4. The number of benzene rings is 3. The normalized spacial score (nSPS) is 18.1. The maximum absolute atomic E-state index is 14.5. The lowest BCUT2D eigenvalue weighted by Crippen LogP contribution is -2.54. The fraction of sp³-hybridized carbons (Fsp3) is 0.510. The van der Waals surface area contributed by atoms with Gasteiger partial charge in [-0.25, -0.2) is 4.98 Å². The number of likely N-dealkylation sites (tertiary alicyclic amines) is 1. The number of hydrogen-bond donors (Lipinski definition) is 0. The number of rotatable bonds is 23. The van der Waals surface area contributed by atoms with Crippen molar-refractivity contribution >= 4 is 46.7 Å². The number of hydrogen-bond acceptors (Lipinski definition) is 10. The average molecular weight is 896 g/mol. The quantitative estimate of drug-likeness (QED) is 0.0673. The predicted molar refractivity (Wildman–Crippen MR) is 252 cm³/mol. The fourth-order valence-corrected chi connectivity index (χ4v) is 11.3. The van der Waals surface area contributed by atoms with Gasteiger partial charge in [-0.1, -0.05) is 106 Å². The van der Waals surface area contributed by atoms with Crippen LogP contribution < -0.4 is 0 Å². The van der Waals surface area contributed by atoms with Crippen LogP contribution in [0.5, 0.6) is 0 Å². The zero-order valence-electron chi connectivity index (χ0n) is 37.9. The molecule has 4 aromatic rings. The van der Waals surface area contributed by atoms with Gasteiger partial charge in [0, 0.05) is 69.3 Å². The number of amides is 2. The molecule has 12 heteroatoms. The van der Waals surface area contributed by atoms with Crippen molar-refractivity contribution in [1.82, 2.24) is 14.8 Å². The van der Waals surface area contributed by atoms with Crippen LogP contribution in [0.2, 0.25) is 0 Å². The summed E-state index contributed by atoms with van der Waals surface area (Å²) in [5.41, 5.74) is 5.73. The standard InChI is InChI=1S/C51H65N3O7S2/c1-8-33(2)48(53(4)51(58)37(32-62-7)29-47(57)61-31-42-40-21-14-12-19-38(40)39-20-13-15-22-41(39)42)45(59-5)30-46(56)54-25-16-23-43(54)49(60-6)34(3)44(55)28-36(50-52-24-26-63-50)27-35-17-10-9-11-18-35/h9-15,17-22,24,26,33-34,36-37,42-43,45,48-49H,8,16,23,25,27-32H2,1-7H3/t33-,34-,36+,37-,43-,45+,48-,49+/m0/s1. The molecule has 3 aromatic carbocycles. The van der Waals surface area contributed by atoms with E-state index in [1.165, 1.54) is 11.8 Å². The highest BCUT2D eigenvalue weighted by molar-refractivity contribution is 7.98. The van der Waals surface area contributed by atoms with Gasteiger partial charge in [0.05, 0.1) is 48.1 Å². The number of esters is 1. The lowest BCUT2D eigenvalue weighted by atomic mass is 9.85. The molecule has 8 atom stereocenters. The minimum absolute atomic E-state index is 0.0125. The van der Waals surface area contributed by atoms with Gasteiger partial charge in [-0.05, 0) is 59.3 Å². The van der Waals surface area contributed by atoms with Crippen LogP contribution >= 0.6 is 23.1 Å². The van der Waals surface area contributed by atoms with E-state index in [-0.39, 0.29) is 60.8 Å². The Bertz CT molecular complexity index is 2070. The predicted octanol–water partition coefficient (Wildman–Crippen LogP) is 9.07. The van der Waals surface area contributed by atoms with E-state index >= 15 is 0 Å². The molecule has 2 heterocycles. The van der Waals surface area contributed by atoms with Crippen molar-refractivity contribution < 1.29 is 33.4 Å². The summed E-state index contributed by atoms with van der Waals surface area (Å²) in [4.78, 5) is 64.7. The largest absolute Gasteiger partial charge is 0.465 e. The van der Waals surface area contributed by atoms with Crippen LogP contribution in [-0.4, -0.2) is 109 Å². The average Bonchev–Trinajstić information content (AvgIpc) is 4.09. The van der Waals surface area contributed by atoms with Crippen LogP contribution in [0.25, 0.3) is 11.1 Å². The summed E-state index contributed by atoms with van der Waals surface area (Å²) in [5, 5.41) is 2.89. The molecule has 0 radical (unpaired) electrons. The number of fused-ring (bicyclic) bond motifs is 3. The molecule has 2 aliphatic rings. The van der Waals surface area contributed by atoms with Crippen molar-refractivity contribution in [2.45, 2.75) is 102 Å². The summed E-state index contributed by atoms with van der Waals surface area (Å²) < 4.78 is 18.2. The zero-order chi connectivity index (χ0) is 45.0. The fourth-order valence-electron chi connectivity index (χ4n) is 9.93. The maximum Gasteiger partial charge on any atom is 0.306 e. The van der Waals surface area contributed by atoms with E-state index in [1.807, 2.05) is 65.9 Å². The highest BCUT2D eigenvalue weighted by Gasteiger charge is 2.43. The number of methoxy groups -OCH3 is 2. The van der Waals surface area contributed by atoms with Gasteiger partial charge in [0.15, 0.2) is 0 Å². The first-order chi connectivity index (χ1) is 30.5. The monoisotopic (exact) mass is 895 g/mol. The van der Waals surface area contributed by atoms with Crippen LogP contribution in [0.3, 0.4) is 0 Å². The summed E-state index contributed by atoms with van der Waals surface area (Å²) in [6.07, 6.45) is 5.93. The topological polar surface area (TPSA) is 115 Å². The maximum atomic E-state index is 14.5. The Morgan fingerprint density at radius 1 is 0.905 bits per heavy atom. The van der Waals surface area contributed by atoms with Gasteiger partial charge in [-0.2, -0.15) is 11.8 Å². The van der Waals surface area contributed by atoms with Gasteiger partial charge in [0.2, 0.25) is 11.8 Å². The second-order valence-corrected chi connectivity index (χ2v) is 19.1. The third kappa shape index (κ3) is 11.5. The van der Waals surface area contributed by atoms with E-state index in [4.69, 9.17) is 14.2 Å². The molecular weight excluding hydrogens is 831 g/mol. The molecule has 1 aliphatic heterocycles. The number of ketones is 1. The van der Waals surface area contributed by atoms with Gasteiger partial charge in [-0.3, -0.25) is 19.2 Å². The third-order valence-electron chi connectivity index (χ3n) is 13.4. The van der Waals surface area contributed by atoms with Crippen LogP contribution in [0, 0.1) is 17.8 Å². The molecule has 338 valence electrons. The number of aromatic nitrogens is 1. The lowest BCUT2D eigenvalue weighted by molar-refractivity contribution is -0.151. The summed E-state index contributed by atoms with van der Waals surface area (Å²) in [7, 11) is 4.99. The highest BCUT2D eigenvalue weighted by atomic mass is 32.2. The summed E-state index contributed by atoms with van der Waals surface area (Å²) in [6, 6.07) is 25.9. The van der Waals surface area contributed by atoms with Gasteiger partial charge < -0.3 is 24.0 Å². The number of nitrogens with zero attached hydrogens (tertiary/aromatic N) is 3. The Morgan fingerprint density at radius 2 is 1.57 bits per heavy atom. The van der Waals surface area contributed by atoms with Gasteiger partial charge in [0.25, 0.3) is 0 Å². The van der Waals surface area contributed by atoms with E-state index in [0.717, 1.165) is 52.1 Å². The van der Waals surface area contributed by atoms with E-state index in [1.54, 1.807) is 43.7 Å². The third-order valence-corrected chi connectivity index (χ3v) is 15.1. The number of Topliss-reactive ketones (excluding diaryl/α,β-unsaturated/α-hetero) is 1. The first kappa shape index (κ1) is 48.1. The summed E-state index contributed by atoms with van der Waals surface area (Å²) in [5.74, 6) is -1.36. The number of likely N-dealkylation sites (N-methyl/N-ethyl adjacent to an activating group) is 1. The Kier molecular flexibility index (Phi) is 17.6. The number of thiazole rings is 1. The SMILES string of the molecule is CC[C@H](C)[C@@H]([C@@H](CC(=O)N1CCC[C@H]1[C@H](OC)[C@@H](C)C(=O)C[C@@H](Cc1ccccc1)c1nccs1)OC)N(C)C(=O)[C@H](CSC)CC(=O)OCC1c2ccccc2-c2ccccc21. The lowest BCUT2D eigenvalue weighted by Gasteiger charge is -2.40. The van der Waals surface area contributed by atoms with Gasteiger partial charge in [-0.15, -0.1) is 11.3 Å². The molecule has 0 bridgehead atoms. The summed E-state index contributed by atoms with van der Waals surface area (Å²) in [6.45, 7) is 6.81. The molecule has 0 saturated carbocycles. The molecule has 10 nitrogen and oxygen atoms in total. The first-order valence-corrected chi connectivity index (χ1v) is 24.7. The van der Waals surface area contributed by atoms with Crippen molar-refractivity contribution in [2.75, 3.05) is 46.4 Å². The number of ether oxygens (including phenoxy) is 3. The minimum Gasteiger partial charge on any atom is -0.465 e. The summed E-state index contributed by atoms with van der Waals surface area (Å²) >= 11 is 3.08. The molecule has 1 fully saturated rings. The van der Waals surface area contributed by atoms with Crippen LogP contribution in [-0.2, 0) is 39.8 Å². The molecule has 1 saturated heterocycles. The van der Waals surface area contributed by atoms with Crippen molar-refractivity contribution in [2.24, 2.45) is 17.8 Å². The van der Waals surface area contributed by atoms with Gasteiger partial charge >= 0.3 is 5.97 Å². The Balaban J connectivity index is 1.10. The molecule has 1 aromatic heterocycles. The second kappa shape index (κ2) is 23.0. The van der Waals surface area contributed by atoms with Crippen LogP contribution in [0.4, 0.5) is 0 Å². The molecule has 0 spiro atoms. The number of carbonyl (C=O) groups excluding carboxylic acids is 4. The van der Waals surface area contributed by atoms with Crippen molar-refractivity contribution in [3.05, 3.63) is 112 Å².